The molecule has 0 unspecified atom stereocenters. The molecule has 0 aliphatic heterocycles. The normalized spacial score (nSPS) is 11.2. The number of furan rings is 1. The van der Waals surface area contributed by atoms with Gasteiger partial charge in [-0.05, 0) is 81.8 Å². The summed E-state index contributed by atoms with van der Waals surface area (Å²) in [5.74, 6) is 1.62. The van der Waals surface area contributed by atoms with Crippen molar-refractivity contribution >= 4 is 21.9 Å². The third-order valence-corrected chi connectivity index (χ3v) is 10.7. The number of fused-ring (bicyclic) bond motifs is 3. The lowest BCUT2D eigenvalue weighted by molar-refractivity contribution is 0.669. The minimum absolute atomic E-state index is 0.529. The van der Waals surface area contributed by atoms with Crippen LogP contribution >= 0.6 is 0 Å². The third kappa shape index (κ3) is 6.39. The lowest BCUT2D eigenvalue weighted by Crippen LogP contribution is -2.01. The number of benzene rings is 8. The molecule has 2 heterocycles. The fourth-order valence-electron chi connectivity index (χ4n) is 7.83. The largest absolute Gasteiger partial charge is 0.456 e. The molecular weight excluding hydrogens is 709 g/mol. The molecule has 0 aliphatic carbocycles. The van der Waals surface area contributed by atoms with E-state index in [9.17, 15) is 5.26 Å². The zero-order valence-corrected chi connectivity index (χ0v) is 31.6. The summed E-state index contributed by atoms with van der Waals surface area (Å²) in [6.07, 6.45) is 0. The molecule has 8 aromatic carbocycles. The second-order valence-corrected chi connectivity index (χ2v) is 14.4. The number of aromatic nitrogens is 3. The Labute approximate surface area is 336 Å². The van der Waals surface area contributed by atoms with Crippen LogP contribution in [0.1, 0.15) is 11.1 Å². The van der Waals surface area contributed by atoms with Gasteiger partial charge in [0, 0.05) is 27.5 Å². The molecule has 0 spiro atoms. The fraction of sp³-hybridized carbons (Fsp3) is 0.0189. The molecule has 58 heavy (non-hydrogen) atoms. The molecule has 0 radical (unpaired) electrons. The van der Waals surface area contributed by atoms with Gasteiger partial charge < -0.3 is 4.42 Å². The van der Waals surface area contributed by atoms with E-state index in [0.717, 1.165) is 72.0 Å². The summed E-state index contributed by atoms with van der Waals surface area (Å²) in [4.78, 5) is 15.4. The van der Waals surface area contributed by atoms with Gasteiger partial charge >= 0.3 is 0 Å². The topological polar surface area (TPSA) is 75.6 Å². The van der Waals surface area contributed by atoms with Crippen molar-refractivity contribution in [3.63, 3.8) is 0 Å². The predicted octanol–water partition coefficient (Wildman–Crippen LogP) is 13.6. The van der Waals surface area contributed by atoms with Crippen LogP contribution in [-0.4, -0.2) is 15.0 Å². The van der Waals surface area contributed by atoms with Crippen molar-refractivity contribution in [2.75, 3.05) is 0 Å². The van der Waals surface area contributed by atoms with Gasteiger partial charge in [-0.2, -0.15) is 5.26 Å². The van der Waals surface area contributed by atoms with E-state index in [0.29, 0.717) is 23.0 Å². The SMILES string of the molecule is Cc1cccc(-c2ccccc2-c2nc(-c3cccc(-c4ccccc4C#N)c3)nc(-c3ccc4c(c3)oc3cccc(-c5ccc(-c6ccccc6)cc5)c34)n2)c1. The van der Waals surface area contributed by atoms with Crippen LogP contribution in [0.2, 0.25) is 0 Å². The third-order valence-electron chi connectivity index (χ3n) is 10.7. The first kappa shape index (κ1) is 34.5. The van der Waals surface area contributed by atoms with Crippen LogP contribution in [0.25, 0.3) is 101 Å². The van der Waals surface area contributed by atoms with Crippen molar-refractivity contribution in [1.29, 1.82) is 5.26 Å². The van der Waals surface area contributed by atoms with E-state index < -0.39 is 0 Å². The van der Waals surface area contributed by atoms with Crippen molar-refractivity contribution in [3.05, 3.63) is 199 Å². The van der Waals surface area contributed by atoms with Crippen LogP contribution in [0.3, 0.4) is 0 Å². The first-order chi connectivity index (χ1) is 28.6. The molecule has 0 aliphatic rings. The molecule has 0 saturated heterocycles. The summed E-state index contributed by atoms with van der Waals surface area (Å²) in [5.41, 5.74) is 14.3. The Morgan fingerprint density at radius 1 is 0.397 bits per heavy atom. The lowest BCUT2D eigenvalue weighted by atomic mass is 9.96. The Morgan fingerprint density at radius 3 is 1.72 bits per heavy atom. The highest BCUT2D eigenvalue weighted by Crippen LogP contribution is 2.40. The monoisotopic (exact) mass is 742 g/mol. The maximum absolute atomic E-state index is 9.88. The molecule has 0 saturated carbocycles. The number of aryl methyl sites for hydroxylation is 1. The van der Waals surface area contributed by atoms with Gasteiger partial charge in [-0.3, -0.25) is 0 Å². The second-order valence-electron chi connectivity index (χ2n) is 14.4. The quantitative estimate of drug-likeness (QED) is 0.162. The number of hydrogen-bond acceptors (Lipinski definition) is 5. The van der Waals surface area contributed by atoms with Crippen molar-refractivity contribution in [2.24, 2.45) is 0 Å². The Kier molecular flexibility index (Phi) is 8.70. The highest BCUT2D eigenvalue weighted by molar-refractivity contribution is 6.13. The Bertz CT molecular complexity index is 3190. The smallest absolute Gasteiger partial charge is 0.164 e. The average molecular weight is 743 g/mol. The van der Waals surface area contributed by atoms with Crippen molar-refractivity contribution in [2.45, 2.75) is 6.92 Å². The molecule has 0 bridgehead atoms. The van der Waals surface area contributed by atoms with Gasteiger partial charge in [0.1, 0.15) is 11.2 Å². The van der Waals surface area contributed by atoms with E-state index in [2.05, 4.69) is 116 Å². The maximum atomic E-state index is 9.88. The highest BCUT2D eigenvalue weighted by Gasteiger charge is 2.19. The van der Waals surface area contributed by atoms with E-state index in [1.807, 2.05) is 84.9 Å². The van der Waals surface area contributed by atoms with Crippen molar-refractivity contribution < 1.29 is 4.42 Å². The summed E-state index contributed by atoms with van der Waals surface area (Å²) < 4.78 is 6.58. The molecular formula is C53H34N4O. The number of nitrogens with zero attached hydrogens (tertiary/aromatic N) is 4. The summed E-state index contributed by atoms with van der Waals surface area (Å²) in [5, 5.41) is 12.0. The molecule has 10 rings (SSSR count). The molecule has 5 heteroatoms. The van der Waals surface area contributed by atoms with Gasteiger partial charge in [0.2, 0.25) is 0 Å². The fourth-order valence-corrected chi connectivity index (χ4v) is 7.83. The summed E-state index contributed by atoms with van der Waals surface area (Å²) in [7, 11) is 0. The minimum Gasteiger partial charge on any atom is -0.456 e. The van der Waals surface area contributed by atoms with Gasteiger partial charge in [-0.25, -0.2) is 15.0 Å². The van der Waals surface area contributed by atoms with Gasteiger partial charge in [-0.1, -0.05) is 163 Å². The standard InChI is InChI=1S/C53H34N4O/c1-34-12-9-16-38(30-34)44-20-7-8-21-46(44)53-56-51(40-18-10-17-39(31-40)43-19-6-5-15-42(43)33-54)55-52(57-53)41-28-29-47-49(32-41)58-48-23-11-22-45(50(47)48)37-26-24-36(25-27-37)35-13-3-2-4-14-35/h2-32H,1H3. The van der Waals surface area contributed by atoms with E-state index in [1.165, 1.54) is 16.7 Å². The van der Waals surface area contributed by atoms with Crippen molar-refractivity contribution in [3.8, 4) is 84.7 Å². The summed E-state index contributed by atoms with van der Waals surface area (Å²) >= 11 is 0. The second kappa shape index (κ2) is 14.6. The number of rotatable bonds is 7. The molecule has 0 fully saturated rings. The Balaban J connectivity index is 1.12. The lowest BCUT2D eigenvalue weighted by Gasteiger charge is -2.13. The molecule has 0 N–H and O–H groups in total. The number of nitriles is 1. The van der Waals surface area contributed by atoms with Crippen LogP contribution < -0.4 is 0 Å². The molecule has 0 atom stereocenters. The Hall–Kier alpha value is -7.94. The summed E-state index contributed by atoms with van der Waals surface area (Å²) in [6, 6.07) is 66.3. The molecule has 2 aromatic heterocycles. The van der Waals surface area contributed by atoms with Gasteiger partial charge in [-0.15, -0.1) is 0 Å². The van der Waals surface area contributed by atoms with Gasteiger partial charge in [0.05, 0.1) is 11.6 Å². The van der Waals surface area contributed by atoms with E-state index in [4.69, 9.17) is 19.4 Å². The van der Waals surface area contributed by atoms with Crippen LogP contribution in [0, 0.1) is 18.3 Å². The molecule has 5 nitrogen and oxygen atoms in total. The zero-order chi connectivity index (χ0) is 39.0. The van der Waals surface area contributed by atoms with Crippen LogP contribution in [-0.2, 0) is 0 Å². The molecule has 10 aromatic rings. The van der Waals surface area contributed by atoms with E-state index in [1.54, 1.807) is 0 Å². The average Bonchev–Trinajstić information content (AvgIpc) is 3.68. The van der Waals surface area contributed by atoms with E-state index >= 15 is 0 Å². The number of hydrogen-bond donors (Lipinski definition) is 0. The van der Waals surface area contributed by atoms with Crippen molar-refractivity contribution in [1.82, 2.24) is 15.0 Å². The Morgan fingerprint density at radius 2 is 0.948 bits per heavy atom. The minimum atomic E-state index is 0.529. The summed E-state index contributed by atoms with van der Waals surface area (Å²) in [6.45, 7) is 2.10. The highest BCUT2D eigenvalue weighted by atomic mass is 16.3. The first-order valence-electron chi connectivity index (χ1n) is 19.2. The molecule has 272 valence electrons. The van der Waals surface area contributed by atoms with Gasteiger partial charge in [0.25, 0.3) is 0 Å². The predicted molar refractivity (Wildman–Crippen MR) is 235 cm³/mol. The van der Waals surface area contributed by atoms with Crippen LogP contribution in [0.15, 0.2) is 192 Å². The zero-order valence-electron chi connectivity index (χ0n) is 31.6. The van der Waals surface area contributed by atoms with Crippen LogP contribution in [0.4, 0.5) is 0 Å². The van der Waals surface area contributed by atoms with Crippen LogP contribution in [0.5, 0.6) is 0 Å². The maximum Gasteiger partial charge on any atom is 0.164 e. The molecule has 0 amide bonds. The first-order valence-corrected chi connectivity index (χ1v) is 19.2. The van der Waals surface area contributed by atoms with Gasteiger partial charge in [0.15, 0.2) is 17.5 Å². The van der Waals surface area contributed by atoms with E-state index in [-0.39, 0.29) is 0 Å².